The minimum Gasteiger partial charge on any atom is -0.310 e. The van der Waals surface area contributed by atoms with Crippen molar-refractivity contribution >= 4 is 34.8 Å². The van der Waals surface area contributed by atoms with E-state index in [-0.39, 0.29) is 12.1 Å². The number of amides is 2. The molecular formula is C28H27N3OS2. The molecule has 0 unspecified atom stereocenters. The smallest absolute Gasteiger partial charge is 0.310 e. The van der Waals surface area contributed by atoms with E-state index in [0.717, 1.165) is 29.8 Å². The van der Waals surface area contributed by atoms with E-state index in [1.165, 1.54) is 38.7 Å². The number of thiophene rings is 1. The van der Waals surface area contributed by atoms with Gasteiger partial charge in [-0.15, -0.1) is 23.1 Å². The van der Waals surface area contributed by atoms with Gasteiger partial charge in [-0.1, -0.05) is 30.3 Å². The largest absolute Gasteiger partial charge is 0.322 e. The zero-order valence-corrected chi connectivity index (χ0v) is 20.8. The standard InChI is InChI=1S/C28H27N3OS2/c1-33-21-15-13-19(14-16-21)26-24-11-7-17-30(24)27-23(22-10-5-6-12-25(22)34-27)18-31(26)28(32)29-20-8-3-2-4-9-20/h2-4,7-9,11,13-17,26H,5-6,10,12,18H2,1H3,(H,29,32)/t26-/m0/s1. The van der Waals surface area contributed by atoms with Gasteiger partial charge in [-0.05, 0) is 79.5 Å². The van der Waals surface area contributed by atoms with Crippen molar-refractivity contribution in [1.82, 2.24) is 9.47 Å². The van der Waals surface area contributed by atoms with Crippen LogP contribution in [0.5, 0.6) is 0 Å². The van der Waals surface area contributed by atoms with Gasteiger partial charge in [0.15, 0.2) is 0 Å². The average Bonchev–Trinajstić information content (AvgIpc) is 3.47. The molecule has 0 radical (unpaired) electrons. The van der Waals surface area contributed by atoms with Gasteiger partial charge in [-0.2, -0.15) is 0 Å². The first-order valence-electron chi connectivity index (χ1n) is 11.8. The van der Waals surface area contributed by atoms with Crippen molar-refractivity contribution in [3.8, 4) is 5.00 Å². The lowest BCUT2D eigenvalue weighted by atomic mass is 9.95. The number of nitrogens with one attached hydrogen (secondary N) is 1. The SMILES string of the molecule is CSc1ccc([C@H]2c3cccn3-c3sc4c(c3CN2C(=O)Nc2ccccc2)CCCC4)cc1. The normalized spacial score (nSPS) is 16.9. The number of rotatable bonds is 3. The summed E-state index contributed by atoms with van der Waals surface area (Å²) in [6.45, 7) is 0.608. The van der Waals surface area contributed by atoms with Gasteiger partial charge in [0.2, 0.25) is 0 Å². The topological polar surface area (TPSA) is 37.3 Å². The number of benzene rings is 2. The number of anilines is 1. The minimum absolute atomic E-state index is 0.0681. The third kappa shape index (κ3) is 3.75. The number of fused-ring (bicyclic) bond motifs is 5. The van der Waals surface area contributed by atoms with Crippen LogP contribution in [0.4, 0.5) is 10.5 Å². The molecule has 0 fully saturated rings. The van der Waals surface area contributed by atoms with Crippen molar-refractivity contribution in [1.29, 1.82) is 0 Å². The summed E-state index contributed by atoms with van der Waals surface area (Å²) in [4.78, 5) is 18.6. The van der Waals surface area contributed by atoms with E-state index >= 15 is 0 Å². The molecular weight excluding hydrogens is 458 g/mol. The molecule has 172 valence electrons. The van der Waals surface area contributed by atoms with E-state index in [4.69, 9.17) is 0 Å². The molecule has 1 aliphatic heterocycles. The van der Waals surface area contributed by atoms with Gasteiger partial charge in [0, 0.05) is 27.2 Å². The van der Waals surface area contributed by atoms with Gasteiger partial charge in [0.05, 0.1) is 18.3 Å². The Balaban J connectivity index is 1.49. The van der Waals surface area contributed by atoms with E-state index in [2.05, 4.69) is 58.7 Å². The zero-order chi connectivity index (χ0) is 23.1. The number of aryl methyl sites for hydroxylation is 1. The first-order chi connectivity index (χ1) is 16.7. The monoisotopic (exact) mass is 485 g/mol. The summed E-state index contributed by atoms with van der Waals surface area (Å²) < 4.78 is 2.33. The van der Waals surface area contributed by atoms with Gasteiger partial charge >= 0.3 is 6.03 Å². The number of carbonyl (C=O) groups is 1. The van der Waals surface area contributed by atoms with E-state index in [1.54, 1.807) is 11.8 Å². The summed E-state index contributed by atoms with van der Waals surface area (Å²) in [6, 6.07) is 22.5. The summed E-state index contributed by atoms with van der Waals surface area (Å²) in [7, 11) is 0. The van der Waals surface area contributed by atoms with Gasteiger partial charge in [0.1, 0.15) is 5.00 Å². The summed E-state index contributed by atoms with van der Waals surface area (Å²) in [6.07, 6.45) is 9.00. The molecule has 4 nitrogen and oxygen atoms in total. The molecule has 34 heavy (non-hydrogen) atoms. The molecule has 6 heteroatoms. The highest BCUT2D eigenvalue weighted by molar-refractivity contribution is 7.98. The molecule has 0 saturated carbocycles. The maximum atomic E-state index is 13.9. The lowest BCUT2D eigenvalue weighted by Crippen LogP contribution is -2.38. The number of urea groups is 1. The molecule has 6 rings (SSSR count). The molecule has 0 spiro atoms. The number of thioether (sulfide) groups is 1. The number of hydrogen-bond donors (Lipinski definition) is 1. The summed E-state index contributed by atoms with van der Waals surface area (Å²) in [5.41, 5.74) is 5.88. The number of nitrogens with zero attached hydrogens (tertiary/aromatic N) is 2. The van der Waals surface area contributed by atoms with Crippen LogP contribution >= 0.6 is 23.1 Å². The van der Waals surface area contributed by atoms with Crippen molar-refractivity contribution < 1.29 is 4.79 Å². The van der Waals surface area contributed by atoms with Crippen molar-refractivity contribution in [2.24, 2.45) is 0 Å². The fourth-order valence-electron chi connectivity index (χ4n) is 5.24. The van der Waals surface area contributed by atoms with Crippen LogP contribution in [0, 0.1) is 0 Å². The second-order valence-corrected chi connectivity index (χ2v) is 10.9. The van der Waals surface area contributed by atoms with Gasteiger partial charge in [-0.25, -0.2) is 4.79 Å². The molecule has 0 saturated heterocycles. The maximum absolute atomic E-state index is 13.9. The molecule has 1 N–H and O–H groups in total. The van der Waals surface area contributed by atoms with Crippen LogP contribution in [0.1, 0.15) is 46.1 Å². The summed E-state index contributed by atoms with van der Waals surface area (Å²) in [5.74, 6) is 0. The van der Waals surface area contributed by atoms with Crippen LogP contribution in [0.2, 0.25) is 0 Å². The second-order valence-electron chi connectivity index (χ2n) is 8.90. The lowest BCUT2D eigenvalue weighted by molar-refractivity contribution is 0.194. The molecule has 2 amide bonds. The molecule has 0 bridgehead atoms. The third-order valence-corrected chi connectivity index (χ3v) is 8.97. The van der Waals surface area contributed by atoms with Crippen molar-refractivity contribution in [2.75, 3.05) is 11.6 Å². The second kappa shape index (κ2) is 9.01. The Bertz CT molecular complexity index is 1320. The molecule has 1 atom stereocenters. The van der Waals surface area contributed by atoms with E-state index in [0.29, 0.717) is 6.54 Å². The van der Waals surface area contributed by atoms with Crippen molar-refractivity contribution in [3.63, 3.8) is 0 Å². The first-order valence-corrected chi connectivity index (χ1v) is 13.8. The van der Waals surface area contributed by atoms with Crippen LogP contribution in [0.25, 0.3) is 5.00 Å². The summed E-state index contributed by atoms with van der Waals surface area (Å²) >= 11 is 3.66. The minimum atomic E-state index is -0.173. The first kappa shape index (κ1) is 21.6. The molecule has 3 heterocycles. The van der Waals surface area contributed by atoms with Crippen LogP contribution < -0.4 is 5.32 Å². The van der Waals surface area contributed by atoms with Crippen LogP contribution in [0.3, 0.4) is 0 Å². The Morgan fingerprint density at radius 1 is 0.971 bits per heavy atom. The van der Waals surface area contributed by atoms with Crippen LogP contribution in [0.15, 0.2) is 77.8 Å². The van der Waals surface area contributed by atoms with Gasteiger partial charge < -0.3 is 14.8 Å². The predicted octanol–water partition coefficient (Wildman–Crippen LogP) is 7.28. The third-order valence-electron chi connectivity index (χ3n) is 6.90. The molecule has 2 aromatic carbocycles. The van der Waals surface area contributed by atoms with Crippen molar-refractivity contribution in [3.05, 3.63) is 100 Å². The number of carbonyl (C=O) groups excluding carboxylic acids is 1. The number of hydrogen-bond acceptors (Lipinski definition) is 3. The maximum Gasteiger partial charge on any atom is 0.322 e. The van der Waals surface area contributed by atoms with Gasteiger partial charge in [-0.3, -0.25) is 0 Å². The Kier molecular flexibility index (Phi) is 5.71. The fraction of sp³-hybridized carbons (Fsp3) is 0.250. The fourth-order valence-corrected chi connectivity index (χ4v) is 7.05. The van der Waals surface area contributed by atoms with Crippen LogP contribution in [-0.2, 0) is 19.4 Å². The van der Waals surface area contributed by atoms with E-state index < -0.39 is 0 Å². The van der Waals surface area contributed by atoms with E-state index in [1.807, 2.05) is 46.6 Å². The Morgan fingerprint density at radius 2 is 1.76 bits per heavy atom. The highest BCUT2D eigenvalue weighted by Crippen LogP contribution is 2.44. The summed E-state index contributed by atoms with van der Waals surface area (Å²) in [5, 5.41) is 4.45. The zero-order valence-electron chi connectivity index (χ0n) is 19.2. The average molecular weight is 486 g/mol. The number of para-hydroxylation sites is 1. The van der Waals surface area contributed by atoms with Crippen LogP contribution in [-0.4, -0.2) is 21.8 Å². The highest BCUT2D eigenvalue weighted by Gasteiger charge is 2.36. The van der Waals surface area contributed by atoms with Gasteiger partial charge in [0.25, 0.3) is 0 Å². The molecule has 1 aliphatic carbocycles. The predicted molar refractivity (Wildman–Crippen MR) is 141 cm³/mol. The number of aromatic nitrogens is 1. The molecule has 4 aromatic rings. The van der Waals surface area contributed by atoms with Crippen molar-refractivity contribution in [2.45, 2.75) is 43.2 Å². The quantitative estimate of drug-likeness (QED) is 0.310. The Hall–Kier alpha value is -2.96. The Morgan fingerprint density at radius 3 is 2.56 bits per heavy atom. The molecule has 2 aliphatic rings. The van der Waals surface area contributed by atoms with E-state index in [9.17, 15) is 4.79 Å². The lowest BCUT2D eigenvalue weighted by Gasteiger charge is -2.31. The Labute approximate surface area is 208 Å². The highest BCUT2D eigenvalue weighted by atomic mass is 32.2. The molecule has 2 aromatic heterocycles.